The van der Waals surface area contributed by atoms with Crippen molar-refractivity contribution in [2.75, 3.05) is 63.8 Å². The van der Waals surface area contributed by atoms with E-state index in [0.717, 1.165) is 52.4 Å². The number of carbonyl (C=O) groups excluding carboxylic acids is 1. The van der Waals surface area contributed by atoms with Gasteiger partial charge in [0.15, 0.2) is 0 Å². The molecule has 30 heavy (non-hydrogen) atoms. The van der Waals surface area contributed by atoms with E-state index in [1.807, 2.05) is 0 Å². The van der Waals surface area contributed by atoms with Crippen LogP contribution in [0.2, 0.25) is 0 Å². The number of aryl methyl sites for hydroxylation is 1. The number of hydrogen-bond acceptors (Lipinski definition) is 4. The van der Waals surface area contributed by atoms with Gasteiger partial charge in [-0.05, 0) is 31.0 Å². The van der Waals surface area contributed by atoms with Gasteiger partial charge >= 0.3 is 0 Å². The normalized spacial score (nSPS) is 19.7. The third-order valence-corrected chi connectivity index (χ3v) is 6.68. The minimum atomic E-state index is 0.284. The molecule has 0 unspecified atom stereocenters. The van der Waals surface area contributed by atoms with E-state index in [1.54, 1.807) is 0 Å². The zero-order valence-electron chi connectivity index (χ0n) is 18.3. The van der Waals surface area contributed by atoms with Crippen LogP contribution in [0.25, 0.3) is 0 Å². The second-order valence-electron chi connectivity index (χ2n) is 8.55. The SMILES string of the molecule is Cc1ccccc1N1CCN(CC(=O)N2CCN([C@@H](C)c3ccccc3)CC2)CC1. The van der Waals surface area contributed by atoms with Crippen molar-refractivity contribution < 1.29 is 4.79 Å². The minimum Gasteiger partial charge on any atom is -0.369 e. The molecule has 1 amide bonds. The summed E-state index contributed by atoms with van der Waals surface area (Å²) in [7, 11) is 0. The van der Waals surface area contributed by atoms with Crippen LogP contribution < -0.4 is 4.90 Å². The van der Waals surface area contributed by atoms with E-state index in [9.17, 15) is 4.79 Å². The number of nitrogens with zero attached hydrogens (tertiary/aromatic N) is 4. The molecule has 2 fully saturated rings. The maximum Gasteiger partial charge on any atom is 0.236 e. The van der Waals surface area contributed by atoms with Gasteiger partial charge in [0, 0.05) is 64.1 Å². The highest BCUT2D eigenvalue weighted by Gasteiger charge is 2.27. The Labute approximate surface area is 180 Å². The van der Waals surface area contributed by atoms with Crippen LogP contribution in [0, 0.1) is 6.92 Å². The van der Waals surface area contributed by atoms with Crippen molar-refractivity contribution in [3.63, 3.8) is 0 Å². The molecule has 5 heteroatoms. The first kappa shape index (κ1) is 20.9. The van der Waals surface area contributed by atoms with Crippen LogP contribution in [0.15, 0.2) is 54.6 Å². The number of para-hydroxylation sites is 1. The lowest BCUT2D eigenvalue weighted by atomic mass is 10.1. The molecule has 2 heterocycles. The van der Waals surface area contributed by atoms with E-state index in [2.05, 4.69) is 88.0 Å². The Kier molecular flexibility index (Phi) is 6.70. The molecular weight excluding hydrogens is 372 g/mol. The lowest BCUT2D eigenvalue weighted by molar-refractivity contribution is -0.134. The first-order valence-electron chi connectivity index (χ1n) is 11.2. The summed E-state index contributed by atoms with van der Waals surface area (Å²) in [4.78, 5) is 22.2. The molecule has 2 aliphatic heterocycles. The second-order valence-corrected chi connectivity index (χ2v) is 8.55. The van der Waals surface area contributed by atoms with Gasteiger partial charge in [0.05, 0.1) is 6.54 Å². The predicted molar refractivity (Wildman–Crippen MR) is 123 cm³/mol. The van der Waals surface area contributed by atoms with Crippen molar-refractivity contribution in [3.05, 3.63) is 65.7 Å². The second kappa shape index (κ2) is 9.63. The molecule has 0 N–H and O–H groups in total. The molecule has 0 bridgehead atoms. The van der Waals surface area contributed by atoms with Gasteiger partial charge in [0.2, 0.25) is 5.91 Å². The molecule has 2 aromatic rings. The summed E-state index contributed by atoms with van der Waals surface area (Å²) in [5.41, 5.74) is 4.00. The molecule has 1 atom stereocenters. The number of anilines is 1. The maximum absolute atomic E-state index is 12.9. The molecule has 0 aromatic heterocycles. The van der Waals surface area contributed by atoms with Gasteiger partial charge in [0.1, 0.15) is 0 Å². The van der Waals surface area contributed by atoms with Gasteiger partial charge in [-0.1, -0.05) is 48.5 Å². The van der Waals surface area contributed by atoms with Crippen molar-refractivity contribution in [2.24, 2.45) is 0 Å². The Hall–Kier alpha value is -2.37. The maximum atomic E-state index is 12.9. The highest BCUT2D eigenvalue weighted by Crippen LogP contribution is 2.22. The predicted octanol–water partition coefficient (Wildman–Crippen LogP) is 3.02. The van der Waals surface area contributed by atoms with E-state index in [0.29, 0.717) is 12.6 Å². The molecule has 0 aliphatic carbocycles. The average Bonchev–Trinajstić information content (AvgIpc) is 2.80. The first-order valence-corrected chi connectivity index (χ1v) is 11.2. The molecule has 2 aromatic carbocycles. The van der Waals surface area contributed by atoms with Gasteiger partial charge in [-0.25, -0.2) is 0 Å². The average molecular weight is 407 g/mol. The number of rotatable bonds is 5. The van der Waals surface area contributed by atoms with Crippen molar-refractivity contribution in [1.29, 1.82) is 0 Å². The molecule has 160 valence electrons. The minimum absolute atomic E-state index is 0.284. The Morgan fingerprint density at radius 1 is 0.833 bits per heavy atom. The number of benzene rings is 2. The molecular formula is C25H34N4O. The monoisotopic (exact) mass is 406 g/mol. The summed E-state index contributed by atoms with van der Waals surface area (Å²) in [5, 5.41) is 0. The van der Waals surface area contributed by atoms with E-state index < -0.39 is 0 Å². The summed E-state index contributed by atoms with van der Waals surface area (Å²) in [6, 6.07) is 19.6. The van der Waals surface area contributed by atoms with Crippen LogP contribution in [0.5, 0.6) is 0 Å². The number of hydrogen-bond donors (Lipinski definition) is 0. The van der Waals surface area contributed by atoms with E-state index in [4.69, 9.17) is 0 Å². The van der Waals surface area contributed by atoms with Crippen molar-refractivity contribution >= 4 is 11.6 Å². The summed E-state index contributed by atoms with van der Waals surface area (Å²) in [6.07, 6.45) is 0. The Bertz CT molecular complexity index is 824. The largest absolute Gasteiger partial charge is 0.369 e. The Balaban J connectivity index is 1.22. The van der Waals surface area contributed by atoms with Gasteiger partial charge in [-0.3, -0.25) is 14.6 Å². The fourth-order valence-electron chi connectivity index (χ4n) is 4.66. The zero-order chi connectivity index (χ0) is 20.9. The van der Waals surface area contributed by atoms with Crippen LogP contribution in [0.3, 0.4) is 0 Å². The molecule has 4 rings (SSSR count). The standard InChI is InChI=1S/C25H34N4O/c1-21-8-6-7-11-24(21)28-14-12-26(13-15-28)20-25(30)29-18-16-27(17-19-29)22(2)23-9-4-3-5-10-23/h3-11,22H,12-20H2,1-2H3/t22-/m0/s1. The molecule has 2 aliphatic rings. The van der Waals surface area contributed by atoms with Crippen molar-refractivity contribution in [2.45, 2.75) is 19.9 Å². The summed E-state index contributed by atoms with van der Waals surface area (Å²) < 4.78 is 0. The summed E-state index contributed by atoms with van der Waals surface area (Å²) in [5.74, 6) is 0.284. The first-order chi connectivity index (χ1) is 14.6. The van der Waals surface area contributed by atoms with Crippen LogP contribution in [-0.2, 0) is 4.79 Å². The number of amides is 1. The third-order valence-electron chi connectivity index (χ3n) is 6.68. The van der Waals surface area contributed by atoms with E-state index in [-0.39, 0.29) is 5.91 Å². The van der Waals surface area contributed by atoms with E-state index >= 15 is 0 Å². The lowest BCUT2D eigenvalue weighted by Gasteiger charge is -2.40. The molecule has 0 radical (unpaired) electrons. The smallest absolute Gasteiger partial charge is 0.236 e. The van der Waals surface area contributed by atoms with Gasteiger partial charge < -0.3 is 9.80 Å². The van der Waals surface area contributed by atoms with Crippen molar-refractivity contribution in [3.8, 4) is 0 Å². The Morgan fingerprint density at radius 2 is 1.47 bits per heavy atom. The van der Waals surface area contributed by atoms with Gasteiger partial charge in [0.25, 0.3) is 0 Å². The van der Waals surface area contributed by atoms with Crippen molar-refractivity contribution in [1.82, 2.24) is 14.7 Å². The molecule has 0 saturated carbocycles. The number of piperazine rings is 2. The van der Waals surface area contributed by atoms with Crippen LogP contribution in [0.1, 0.15) is 24.1 Å². The molecule has 5 nitrogen and oxygen atoms in total. The highest BCUT2D eigenvalue weighted by atomic mass is 16.2. The van der Waals surface area contributed by atoms with Crippen LogP contribution >= 0.6 is 0 Å². The molecule has 0 spiro atoms. The van der Waals surface area contributed by atoms with Gasteiger partial charge in [-0.15, -0.1) is 0 Å². The lowest BCUT2D eigenvalue weighted by Crippen LogP contribution is -2.54. The third kappa shape index (κ3) is 4.85. The van der Waals surface area contributed by atoms with Crippen LogP contribution in [-0.4, -0.2) is 79.5 Å². The Morgan fingerprint density at radius 3 is 2.13 bits per heavy atom. The summed E-state index contributed by atoms with van der Waals surface area (Å²) >= 11 is 0. The van der Waals surface area contributed by atoms with Crippen LogP contribution in [0.4, 0.5) is 5.69 Å². The molecule has 2 saturated heterocycles. The zero-order valence-corrected chi connectivity index (χ0v) is 18.3. The van der Waals surface area contributed by atoms with E-state index in [1.165, 1.54) is 16.8 Å². The van der Waals surface area contributed by atoms with Gasteiger partial charge in [-0.2, -0.15) is 0 Å². The highest BCUT2D eigenvalue weighted by molar-refractivity contribution is 5.78. The topological polar surface area (TPSA) is 30.0 Å². The fourth-order valence-corrected chi connectivity index (χ4v) is 4.66. The number of carbonyl (C=O) groups is 1. The summed E-state index contributed by atoms with van der Waals surface area (Å²) in [6.45, 7) is 12.4. The quantitative estimate of drug-likeness (QED) is 0.764. The fraction of sp³-hybridized carbons (Fsp3) is 0.480.